The molecule has 0 aromatic carbocycles. The second kappa shape index (κ2) is 3.13. The predicted octanol–water partition coefficient (Wildman–Crippen LogP) is 0.0553. The lowest BCUT2D eigenvalue weighted by atomic mass is 10.5. The highest BCUT2D eigenvalue weighted by Gasteiger charge is 2.19. The number of pyridine rings is 1. The van der Waals surface area contributed by atoms with E-state index in [1.165, 1.54) is 12.3 Å². The molecule has 0 aliphatic rings. The van der Waals surface area contributed by atoms with E-state index >= 15 is 0 Å². The van der Waals surface area contributed by atoms with Crippen LogP contribution in [0.25, 0.3) is 0 Å². The van der Waals surface area contributed by atoms with Crippen LogP contribution >= 0.6 is 7.37 Å². The molecule has 1 unspecified atom stereocenters. The Morgan fingerprint density at radius 1 is 1.64 bits per heavy atom. The van der Waals surface area contributed by atoms with Gasteiger partial charge in [0.25, 0.3) is 7.37 Å². The molecular weight excluding hydrogens is 163 g/mol. The van der Waals surface area contributed by atoms with Crippen LogP contribution in [-0.4, -0.2) is 9.88 Å². The largest absolute Gasteiger partial charge is 0.339 e. The maximum Gasteiger partial charge on any atom is 0.265 e. The molecule has 1 aromatic heterocycles. The number of rotatable bonds is 2. The summed E-state index contributed by atoms with van der Waals surface area (Å²) in [5.41, 5.74) is 5.07. The molecule has 1 rings (SSSR count). The number of hydrogen-bond donors (Lipinski definition) is 2. The Bertz CT molecular complexity index is 275. The van der Waals surface area contributed by atoms with Gasteiger partial charge in [0.2, 0.25) is 0 Å². The van der Waals surface area contributed by atoms with Gasteiger partial charge in [-0.05, 0) is 12.1 Å². The topological polar surface area (TPSA) is 76.2 Å². The summed E-state index contributed by atoms with van der Waals surface area (Å²) >= 11 is 0. The van der Waals surface area contributed by atoms with Crippen LogP contribution in [0, 0.1) is 6.29 Å². The van der Waals surface area contributed by atoms with E-state index in [2.05, 4.69) is 4.98 Å². The van der Waals surface area contributed by atoms with Crippen LogP contribution in [0.5, 0.6) is 0 Å². The molecule has 1 aromatic rings. The van der Waals surface area contributed by atoms with Crippen LogP contribution in [-0.2, 0) is 4.57 Å². The monoisotopic (exact) mass is 171 g/mol. The summed E-state index contributed by atoms with van der Waals surface area (Å²) in [4.78, 5) is 12.8. The minimum atomic E-state index is -3.48. The van der Waals surface area contributed by atoms with Gasteiger partial charge in [-0.3, -0.25) is 9.55 Å². The van der Waals surface area contributed by atoms with Gasteiger partial charge in [0, 0.05) is 6.20 Å². The predicted molar refractivity (Wildman–Crippen MR) is 42.2 cm³/mol. The van der Waals surface area contributed by atoms with E-state index in [1.54, 1.807) is 12.1 Å². The average Bonchev–Trinajstić information content (AvgIpc) is 2.06. The van der Waals surface area contributed by atoms with Crippen molar-refractivity contribution in [2.24, 2.45) is 5.73 Å². The summed E-state index contributed by atoms with van der Waals surface area (Å²) in [6.45, 7) is 0. The molecule has 1 atom stereocenters. The fourth-order valence-corrected chi connectivity index (χ4v) is 1.30. The maximum absolute atomic E-state index is 11.1. The van der Waals surface area contributed by atoms with Crippen LogP contribution in [0.1, 0.15) is 0 Å². The minimum Gasteiger partial charge on any atom is -0.339 e. The normalized spacial score (nSPS) is 15.8. The van der Waals surface area contributed by atoms with Gasteiger partial charge in [-0.25, -0.2) is 0 Å². The molecule has 3 N–H and O–H groups in total. The fraction of sp³-hybridized carbons (Fsp3) is 0. The van der Waals surface area contributed by atoms with Gasteiger partial charge in [-0.1, -0.05) is 6.07 Å². The van der Waals surface area contributed by atoms with Gasteiger partial charge in [-0.2, -0.15) is 0 Å². The molecule has 1 radical (unpaired) electrons. The zero-order valence-corrected chi connectivity index (χ0v) is 6.61. The highest BCUT2D eigenvalue weighted by atomic mass is 31.2. The van der Waals surface area contributed by atoms with E-state index in [4.69, 9.17) is 10.6 Å². The highest BCUT2D eigenvalue weighted by Crippen LogP contribution is 2.38. The number of aromatic nitrogens is 1. The molecule has 0 saturated carbocycles. The van der Waals surface area contributed by atoms with Crippen molar-refractivity contribution in [1.82, 2.24) is 4.98 Å². The molecule has 5 heteroatoms. The lowest BCUT2D eigenvalue weighted by Crippen LogP contribution is -2.11. The van der Waals surface area contributed by atoms with E-state index in [-0.39, 0.29) is 5.44 Å². The Morgan fingerprint density at radius 2 is 2.36 bits per heavy atom. The van der Waals surface area contributed by atoms with Gasteiger partial charge in [0.1, 0.15) is 11.7 Å². The van der Waals surface area contributed by atoms with Crippen LogP contribution in [0.3, 0.4) is 0 Å². The molecule has 0 bridgehead atoms. The van der Waals surface area contributed by atoms with Crippen LogP contribution in [0.4, 0.5) is 0 Å². The Hall–Kier alpha value is -0.700. The first-order valence-corrected chi connectivity index (χ1v) is 4.70. The van der Waals surface area contributed by atoms with E-state index < -0.39 is 7.37 Å². The second-order valence-electron chi connectivity index (χ2n) is 1.96. The summed E-state index contributed by atoms with van der Waals surface area (Å²) in [6, 6.07) is 4.76. The Balaban J connectivity index is 3.03. The molecule has 0 amide bonds. The fourth-order valence-electron chi connectivity index (χ4n) is 0.620. The lowest BCUT2D eigenvalue weighted by molar-refractivity contribution is 0.494. The minimum absolute atomic E-state index is 0.113. The van der Waals surface area contributed by atoms with Gasteiger partial charge in [-0.15, -0.1) is 0 Å². The van der Waals surface area contributed by atoms with Gasteiger partial charge < -0.3 is 10.6 Å². The third-order valence-corrected chi connectivity index (χ3v) is 2.50. The number of hydrogen-bond acceptors (Lipinski definition) is 3. The van der Waals surface area contributed by atoms with Crippen molar-refractivity contribution in [1.29, 1.82) is 0 Å². The summed E-state index contributed by atoms with van der Waals surface area (Å²) < 4.78 is 11.1. The third kappa shape index (κ3) is 1.87. The molecule has 11 heavy (non-hydrogen) atoms. The second-order valence-corrected chi connectivity index (χ2v) is 3.96. The van der Waals surface area contributed by atoms with Crippen molar-refractivity contribution in [3.8, 4) is 0 Å². The summed E-state index contributed by atoms with van der Waals surface area (Å²) in [7, 11) is -3.48. The average molecular weight is 171 g/mol. The molecule has 59 valence electrons. The first-order valence-electron chi connectivity index (χ1n) is 2.97. The lowest BCUT2D eigenvalue weighted by Gasteiger charge is -2.05. The van der Waals surface area contributed by atoms with E-state index in [0.29, 0.717) is 0 Å². The SMILES string of the molecule is N[CH]P(=O)(O)c1ccccn1. The molecule has 0 aliphatic carbocycles. The van der Waals surface area contributed by atoms with Gasteiger partial charge >= 0.3 is 0 Å². The molecule has 1 heterocycles. The molecule has 0 aliphatic heterocycles. The standard InChI is InChI=1S/C6H8N2O2P/c7-5-11(9,10)6-3-1-2-4-8-6/h1-5H,7H2,(H,9,10). The first-order chi connectivity index (χ1) is 5.17. The molecule has 0 saturated heterocycles. The van der Waals surface area contributed by atoms with E-state index in [0.717, 1.165) is 6.29 Å². The Kier molecular flexibility index (Phi) is 2.39. The van der Waals surface area contributed by atoms with Crippen molar-refractivity contribution in [2.75, 3.05) is 0 Å². The molecule has 0 fully saturated rings. The van der Waals surface area contributed by atoms with Crippen molar-refractivity contribution in [3.63, 3.8) is 0 Å². The molecule has 0 spiro atoms. The summed E-state index contributed by atoms with van der Waals surface area (Å²) in [5, 5.41) is 0. The Morgan fingerprint density at radius 3 is 2.82 bits per heavy atom. The molecular formula is C6H8N2O2P. The van der Waals surface area contributed by atoms with Gasteiger partial charge in [0.15, 0.2) is 0 Å². The summed E-state index contributed by atoms with van der Waals surface area (Å²) in [5.74, 6) is 0. The van der Waals surface area contributed by atoms with Crippen molar-refractivity contribution < 1.29 is 9.46 Å². The smallest absolute Gasteiger partial charge is 0.265 e. The highest BCUT2D eigenvalue weighted by molar-refractivity contribution is 7.67. The van der Waals surface area contributed by atoms with E-state index in [1.807, 2.05) is 0 Å². The zero-order valence-electron chi connectivity index (χ0n) is 5.71. The van der Waals surface area contributed by atoms with Crippen LogP contribution in [0.2, 0.25) is 0 Å². The quantitative estimate of drug-likeness (QED) is 0.616. The first kappa shape index (κ1) is 8.40. The maximum atomic E-state index is 11.1. The third-order valence-electron chi connectivity index (χ3n) is 1.18. The molecule has 4 nitrogen and oxygen atoms in total. The van der Waals surface area contributed by atoms with E-state index in [9.17, 15) is 4.57 Å². The van der Waals surface area contributed by atoms with Crippen LogP contribution < -0.4 is 11.2 Å². The summed E-state index contributed by atoms with van der Waals surface area (Å²) in [6.07, 6.45) is 2.22. The van der Waals surface area contributed by atoms with Crippen molar-refractivity contribution >= 4 is 12.8 Å². The van der Waals surface area contributed by atoms with Crippen molar-refractivity contribution in [3.05, 3.63) is 30.7 Å². The Labute approximate surface area is 64.5 Å². The number of nitrogens with two attached hydrogens (primary N) is 1. The van der Waals surface area contributed by atoms with Crippen molar-refractivity contribution in [2.45, 2.75) is 0 Å². The van der Waals surface area contributed by atoms with Crippen LogP contribution in [0.15, 0.2) is 24.4 Å². The zero-order chi connectivity index (χ0) is 8.32. The number of nitrogens with zero attached hydrogens (tertiary/aromatic N) is 1. The van der Waals surface area contributed by atoms with Gasteiger partial charge in [0.05, 0.1) is 0 Å².